The van der Waals surface area contributed by atoms with E-state index >= 15 is 0 Å². The first-order valence-electron chi connectivity index (χ1n) is 8.77. The van der Waals surface area contributed by atoms with E-state index in [1.807, 2.05) is 24.3 Å². The summed E-state index contributed by atoms with van der Waals surface area (Å²) in [5.74, 6) is 0.604. The number of hydrogen-bond acceptors (Lipinski definition) is 6. The molecule has 2 N–H and O–H groups in total. The zero-order valence-electron chi connectivity index (χ0n) is 15.9. The predicted molar refractivity (Wildman–Crippen MR) is 108 cm³/mol. The zero-order valence-corrected chi connectivity index (χ0v) is 16.8. The Labute approximate surface area is 165 Å². The Hall–Kier alpha value is -3.00. The maximum atomic E-state index is 13.2. The first-order chi connectivity index (χ1) is 13.3. The number of Topliss-reactive ketones (excluding diaryl/α,β-unsaturated/α-hetero) is 1. The number of primary amides is 1. The molecule has 2 aromatic heterocycles. The number of aromatic nitrogens is 2. The van der Waals surface area contributed by atoms with Crippen molar-refractivity contribution in [1.82, 2.24) is 9.55 Å². The standard InChI is InChI=1S/C20H21N3O4S/c1-11(24)8-9-23-15(10-13-6-4-5-7-14(13)27-3)22-19-16(20(23)26)12(2)17(28-19)18(21)25/h4-7H,8-10H2,1-3H3,(H2,21,25). The summed E-state index contributed by atoms with van der Waals surface area (Å²) in [6, 6.07) is 7.49. The maximum Gasteiger partial charge on any atom is 0.262 e. The van der Waals surface area contributed by atoms with Gasteiger partial charge in [0.1, 0.15) is 22.2 Å². The molecule has 0 saturated carbocycles. The second-order valence-corrected chi connectivity index (χ2v) is 7.53. The molecule has 1 aromatic carbocycles. The third-order valence-corrected chi connectivity index (χ3v) is 5.78. The summed E-state index contributed by atoms with van der Waals surface area (Å²) in [5.41, 5.74) is 6.58. The number of para-hydroxylation sites is 1. The van der Waals surface area contributed by atoms with Gasteiger partial charge < -0.3 is 10.5 Å². The lowest BCUT2D eigenvalue weighted by molar-refractivity contribution is -0.117. The van der Waals surface area contributed by atoms with Crippen LogP contribution in [0.5, 0.6) is 5.75 Å². The van der Waals surface area contributed by atoms with E-state index in [1.165, 1.54) is 11.5 Å². The molecule has 0 bridgehead atoms. The Kier molecular flexibility index (Phi) is 5.60. The van der Waals surface area contributed by atoms with Crippen molar-refractivity contribution in [2.75, 3.05) is 7.11 Å². The van der Waals surface area contributed by atoms with Gasteiger partial charge in [-0.2, -0.15) is 0 Å². The minimum Gasteiger partial charge on any atom is -0.496 e. The highest BCUT2D eigenvalue weighted by molar-refractivity contribution is 7.20. The van der Waals surface area contributed by atoms with Gasteiger partial charge in [-0.3, -0.25) is 19.0 Å². The van der Waals surface area contributed by atoms with Crippen molar-refractivity contribution in [3.8, 4) is 5.75 Å². The van der Waals surface area contributed by atoms with E-state index in [0.29, 0.717) is 38.7 Å². The van der Waals surface area contributed by atoms with Gasteiger partial charge in [0.05, 0.1) is 17.4 Å². The SMILES string of the molecule is COc1ccccc1Cc1nc2sc(C(N)=O)c(C)c2c(=O)n1CCC(C)=O. The summed E-state index contributed by atoms with van der Waals surface area (Å²) in [4.78, 5) is 41.9. The van der Waals surface area contributed by atoms with E-state index < -0.39 is 5.91 Å². The lowest BCUT2D eigenvalue weighted by Gasteiger charge is -2.14. The highest BCUT2D eigenvalue weighted by Gasteiger charge is 2.21. The van der Waals surface area contributed by atoms with Crippen LogP contribution in [0.3, 0.4) is 0 Å². The molecular formula is C20H21N3O4S. The van der Waals surface area contributed by atoms with Crippen LogP contribution in [0.4, 0.5) is 0 Å². The van der Waals surface area contributed by atoms with E-state index in [-0.39, 0.29) is 24.3 Å². The number of nitrogens with zero attached hydrogens (tertiary/aromatic N) is 2. The van der Waals surface area contributed by atoms with Crippen LogP contribution in [0.25, 0.3) is 10.2 Å². The minimum absolute atomic E-state index is 0.0184. The second kappa shape index (κ2) is 7.93. The minimum atomic E-state index is -0.582. The normalized spacial score (nSPS) is 11.0. The van der Waals surface area contributed by atoms with Crippen LogP contribution in [0.15, 0.2) is 29.1 Å². The Bertz CT molecular complexity index is 1130. The molecule has 0 unspecified atom stereocenters. The Balaban J connectivity index is 2.21. The van der Waals surface area contributed by atoms with Crippen molar-refractivity contribution < 1.29 is 14.3 Å². The average molecular weight is 399 g/mol. The molecule has 3 aromatic rings. The van der Waals surface area contributed by atoms with E-state index in [9.17, 15) is 14.4 Å². The summed E-state index contributed by atoms with van der Waals surface area (Å²) < 4.78 is 6.91. The molecule has 3 rings (SSSR count). The number of nitrogens with two attached hydrogens (primary N) is 1. The summed E-state index contributed by atoms with van der Waals surface area (Å²) >= 11 is 1.12. The van der Waals surface area contributed by atoms with Crippen LogP contribution in [0, 0.1) is 6.92 Å². The molecule has 7 nitrogen and oxygen atoms in total. The molecule has 8 heteroatoms. The topological polar surface area (TPSA) is 104 Å². The largest absolute Gasteiger partial charge is 0.496 e. The number of aryl methyl sites for hydroxylation is 1. The van der Waals surface area contributed by atoms with E-state index in [1.54, 1.807) is 14.0 Å². The van der Waals surface area contributed by atoms with E-state index in [4.69, 9.17) is 10.5 Å². The molecule has 0 radical (unpaired) electrons. The molecule has 0 aliphatic heterocycles. The summed E-state index contributed by atoms with van der Waals surface area (Å²) in [6.45, 7) is 3.40. The number of amides is 1. The second-order valence-electron chi connectivity index (χ2n) is 6.53. The van der Waals surface area contributed by atoms with Gasteiger partial charge in [-0.05, 0) is 25.5 Å². The molecule has 0 aliphatic carbocycles. The Morgan fingerprint density at radius 2 is 2.00 bits per heavy atom. The van der Waals surface area contributed by atoms with Crippen LogP contribution in [0.1, 0.15) is 40.0 Å². The molecule has 28 heavy (non-hydrogen) atoms. The van der Waals surface area contributed by atoms with Gasteiger partial charge >= 0.3 is 0 Å². The monoisotopic (exact) mass is 399 g/mol. The van der Waals surface area contributed by atoms with Crippen LogP contribution in [-0.4, -0.2) is 28.4 Å². The van der Waals surface area contributed by atoms with Gasteiger partial charge in [0, 0.05) is 24.9 Å². The fraction of sp³-hybridized carbons (Fsp3) is 0.300. The predicted octanol–water partition coefficient (Wildman–Crippen LogP) is 2.44. The zero-order chi connectivity index (χ0) is 20.4. The van der Waals surface area contributed by atoms with Crippen molar-refractivity contribution in [2.24, 2.45) is 5.73 Å². The summed E-state index contributed by atoms with van der Waals surface area (Å²) in [5, 5.41) is 0.381. The third kappa shape index (κ3) is 3.68. The van der Waals surface area contributed by atoms with Crippen LogP contribution in [0.2, 0.25) is 0 Å². The fourth-order valence-corrected chi connectivity index (χ4v) is 4.19. The Morgan fingerprint density at radius 3 is 2.64 bits per heavy atom. The van der Waals surface area contributed by atoms with Gasteiger partial charge in [0.15, 0.2) is 0 Å². The number of hydrogen-bond donors (Lipinski definition) is 1. The van der Waals surface area contributed by atoms with E-state index in [0.717, 1.165) is 16.9 Å². The van der Waals surface area contributed by atoms with Crippen LogP contribution < -0.4 is 16.0 Å². The van der Waals surface area contributed by atoms with Crippen molar-refractivity contribution in [1.29, 1.82) is 0 Å². The average Bonchev–Trinajstić information content (AvgIpc) is 2.98. The number of carbonyl (C=O) groups is 2. The molecule has 0 spiro atoms. The smallest absolute Gasteiger partial charge is 0.262 e. The van der Waals surface area contributed by atoms with Gasteiger partial charge in [-0.15, -0.1) is 11.3 Å². The van der Waals surface area contributed by atoms with Gasteiger partial charge in [-0.1, -0.05) is 18.2 Å². The van der Waals surface area contributed by atoms with Crippen molar-refractivity contribution in [3.63, 3.8) is 0 Å². The number of methoxy groups -OCH3 is 1. The molecule has 0 fully saturated rings. The van der Waals surface area contributed by atoms with Crippen molar-refractivity contribution in [2.45, 2.75) is 33.2 Å². The van der Waals surface area contributed by atoms with Crippen molar-refractivity contribution >= 4 is 33.2 Å². The molecule has 1 amide bonds. The quantitative estimate of drug-likeness (QED) is 0.657. The molecule has 0 saturated heterocycles. The number of thiophene rings is 1. The molecule has 2 heterocycles. The lowest BCUT2D eigenvalue weighted by atomic mass is 10.1. The molecule has 146 valence electrons. The summed E-state index contributed by atoms with van der Waals surface area (Å²) in [7, 11) is 1.58. The van der Waals surface area contributed by atoms with Gasteiger partial charge in [-0.25, -0.2) is 4.98 Å². The molecule has 0 aliphatic rings. The Morgan fingerprint density at radius 1 is 1.29 bits per heavy atom. The highest BCUT2D eigenvalue weighted by atomic mass is 32.1. The van der Waals surface area contributed by atoms with Gasteiger partial charge in [0.2, 0.25) is 0 Å². The maximum absolute atomic E-state index is 13.2. The number of ketones is 1. The number of ether oxygens (including phenoxy) is 1. The fourth-order valence-electron chi connectivity index (χ4n) is 3.15. The lowest BCUT2D eigenvalue weighted by Crippen LogP contribution is -2.26. The number of benzene rings is 1. The number of fused-ring (bicyclic) bond motifs is 1. The first-order valence-corrected chi connectivity index (χ1v) is 9.59. The number of carbonyl (C=O) groups excluding carboxylic acids is 2. The van der Waals surface area contributed by atoms with E-state index in [2.05, 4.69) is 4.98 Å². The highest BCUT2D eigenvalue weighted by Crippen LogP contribution is 2.28. The third-order valence-electron chi connectivity index (χ3n) is 4.58. The molecule has 0 atom stereocenters. The molecular weight excluding hydrogens is 378 g/mol. The first kappa shape index (κ1) is 19.8. The van der Waals surface area contributed by atoms with Crippen molar-refractivity contribution in [3.05, 3.63) is 56.4 Å². The van der Waals surface area contributed by atoms with Crippen LogP contribution >= 0.6 is 11.3 Å². The van der Waals surface area contributed by atoms with Gasteiger partial charge in [0.25, 0.3) is 11.5 Å². The van der Waals surface area contributed by atoms with Crippen LogP contribution in [-0.2, 0) is 17.8 Å². The number of rotatable bonds is 7. The summed E-state index contributed by atoms with van der Waals surface area (Å²) in [6.07, 6.45) is 0.577.